The molecule has 3 aromatic rings. The smallest absolute Gasteiger partial charge is 0.327 e. The van der Waals surface area contributed by atoms with Gasteiger partial charge in [0, 0.05) is 28.7 Å². The SMILES string of the molecule is N#Cc1ccc(CC=CC(=O)O)c(NC(=O)[C@@H]2C[C@]23CCOc2ccc(-c4ccc(F)cc4)cc23)c1. The fourth-order valence-electron chi connectivity index (χ4n) is 5.01. The second-order valence-electron chi connectivity index (χ2n) is 9.15. The Morgan fingerprint density at radius 2 is 1.92 bits per heavy atom. The normalized spacial score (nSPS) is 19.8. The monoisotopic (exact) mass is 482 g/mol. The molecule has 2 atom stereocenters. The lowest BCUT2D eigenvalue weighted by Gasteiger charge is -2.27. The van der Waals surface area contributed by atoms with Crippen LogP contribution >= 0.6 is 0 Å². The summed E-state index contributed by atoms with van der Waals surface area (Å²) in [6.07, 6.45) is 4.24. The summed E-state index contributed by atoms with van der Waals surface area (Å²) < 4.78 is 19.3. The molecule has 1 spiro atoms. The van der Waals surface area contributed by atoms with Crippen molar-refractivity contribution in [2.75, 3.05) is 11.9 Å². The molecule has 6 nitrogen and oxygen atoms in total. The molecular formula is C29H23FN2O4. The Morgan fingerprint density at radius 1 is 1.14 bits per heavy atom. The topological polar surface area (TPSA) is 99.4 Å². The number of ether oxygens (including phenoxy) is 1. The van der Waals surface area contributed by atoms with Gasteiger partial charge in [0.15, 0.2) is 0 Å². The van der Waals surface area contributed by atoms with Crippen LogP contribution in [0.3, 0.4) is 0 Å². The lowest BCUT2D eigenvalue weighted by molar-refractivity contribution is -0.131. The van der Waals surface area contributed by atoms with Gasteiger partial charge in [0.2, 0.25) is 5.91 Å². The van der Waals surface area contributed by atoms with E-state index in [2.05, 4.69) is 11.4 Å². The molecular weight excluding hydrogens is 459 g/mol. The quantitative estimate of drug-likeness (QED) is 0.469. The minimum Gasteiger partial charge on any atom is -0.493 e. The Kier molecular flexibility index (Phi) is 6.03. The summed E-state index contributed by atoms with van der Waals surface area (Å²) in [6, 6.07) is 19.2. The molecule has 3 aromatic carbocycles. The number of hydrogen-bond acceptors (Lipinski definition) is 4. The number of nitriles is 1. The molecule has 1 amide bonds. The van der Waals surface area contributed by atoms with E-state index in [0.29, 0.717) is 37.1 Å². The summed E-state index contributed by atoms with van der Waals surface area (Å²) in [5.74, 6) is -1.00. The predicted molar refractivity (Wildman–Crippen MR) is 132 cm³/mol. The summed E-state index contributed by atoms with van der Waals surface area (Å²) >= 11 is 0. The van der Waals surface area contributed by atoms with Crippen molar-refractivity contribution in [2.24, 2.45) is 5.92 Å². The van der Waals surface area contributed by atoms with E-state index in [1.165, 1.54) is 18.2 Å². The van der Waals surface area contributed by atoms with E-state index in [4.69, 9.17) is 9.84 Å². The number of aliphatic carboxylic acids is 1. The van der Waals surface area contributed by atoms with Gasteiger partial charge in [-0.25, -0.2) is 9.18 Å². The number of hydrogen-bond donors (Lipinski definition) is 2. The van der Waals surface area contributed by atoms with Gasteiger partial charge in [-0.05, 0) is 72.4 Å². The molecule has 5 rings (SSSR count). The molecule has 0 radical (unpaired) electrons. The van der Waals surface area contributed by atoms with E-state index < -0.39 is 5.97 Å². The highest BCUT2D eigenvalue weighted by Crippen LogP contribution is 2.61. The van der Waals surface area contributed by atoms with Gasteiger partial charge in [0.05, 0.1) is 18.2 Å². The molecule has 0 saturated heterocycles. The first-order valence-electron chi connectivity index (χ1n) is 11.7. The van der Waals surface area contributed by atoms with Gasteiger partial charge < -0.3 is 15.2 Å². The van der Waals surface area contributed by atoms with E-state index in [1.54, 1.807) is 30.3 Å². The van der Waals surface area contributed by atoms with E-state index in [1.807, 2.05) is 18.2 Å². The third kappa shape index (κ3) is 4.46. The summed E-state index contributed by atoms with van der Waals surface area (Å²) in [5.41, 5.74) is 4.08. The second-order valence-corrected chi connectivity index (χ2v) is 9.15. The zero-order valence-electron chi connectivity index (χ0n) is 19.3. The Hall–Kier alpha value is -4.44. The van der Waals surface area contributed by atoms with Crippen molar-refractivity contribution in [3.8, 4) is 22.9 Å². The molecule has 1 aliphatic carbocycles. The number of carbonyl (C=O) groups is 2. The maximum atomic E-state index is 13.4. The van der Waals surface area contributed by atoms with E-state index in [9.17, 15) is 19.2 Å². The maximum Gasteiger partial charge on any atom is 0.327 e. The molecule has 1 aliphatic heterocycles. The summed E-state index contributed by atoms with van der Waals surface area (Å²) in [5, 5.41) is 21.2. The number of nitrogens with zero attached hydrogens (tertiary/aromatic N) is 1. The molecule has 2 aliphatic rings. The third-order valence-electron chi connectivity index (χ3n) is 6.99. The summed E-state index contributed by atoms with van der Waals surface area (Å²) in [4.78, 5) is 24.2. The van der Waals surface area contributed by atoms with Crippen LogP contribution in [0.1, 0.15) is 29.5 Å². The minimum absolute atomic E-state index is 0.145. The fourth-order valence-corrected chi connectivity index (χ4v) is 5.01. The van der Waals surface area contributed by atoms with Gasteiger partial charge in [-0.2, -0.15) is 5.26 Å². The van der Waals surface area contributed by atoms with Crippen LogP contribution in [0.5, 0.6) is 5.75 Å². The van der Waals surface area contributed by atoms with Gasteiger partial charge in [-0.15, -0.1) is 0 Å². The zero-order valence-corrected chi connectivity index (χ0v) is 19.3. The Bertz CT molecular complexity index is 1420. The molecule has 2 N–H and O–H groups in total. The number of carbonyl (C=O) groups excluding carboxylic acids is 1. The van der Waals surface area contributed by atoms with Crippen LogP contribution in [0, 0.1) is 23.1 Å². The summed E-state index contributed by atoms with van der Waals surface area (Å²) in [6.45, 7) is 0.516. The highest BCUT2D eigenvalue weighted by molar-refractivity contribution is 5.97. The number of rotatable bonds is 6. The van der Waals surface area contributed by atoms with E-state index in [0.717, 1.165) is 34.1 Å². The highest BCUT2D eigenvalue weighted by atomic mass is 19.1. The molecule has 1 fully saturated rings. The number of halogens is 1. The van der Waals surface area contributed by atoms with Crippen molar-refractivity contribution in [3.05, 3.63) is 95.3 Å². The maximum absolute atomic E-state index is 13.4. The number of carboxylic acids is 1. The largest absolute Gasteiger partial charge is 0.493 e. The van der Waals surface area contributed by atoms with Crippen LogP contribution in [0.4, 0.5) is 10.1 Å². The minimum atomic E-state index is -1.05. The van der Waals surface area contributed by atoms with Crippen molar-refractivity contribution in [3.63, 3.8) is 0 Å². The molecule has 0 unspecified atom stereocenters. The second kappa shape index (κ2) is 9.31. The number of carboxylic acid groups (broad SMARTS) is 1. The van der Waals surface area contributed by atoms with Gasteiger partial charge in [0.1, 0.15) is 11.6 Å². The first-order valence-corrected chi connectivity index (χ1v) is 11.7. The molecule has 180 valence electrons. The lowest BCUT2D eigenvalue weighted by atomic mass is 9.85. The van der Waals surface area contributed by atoms with Crippen molar-refractivity contribution in [1.29, 1.82) is 5.26 Å². The molecule has 36 heavy (non-hydrogen) atoms. The number of allylic oxidation sites excluding steroid dienone is 1. The molecule has 0 aromatic heterocycles. The van der Waals surface area contributed by atoms with Gasteiger partial charge in [-0.3, -0.25) is 4.79 Å². The lowest BCUT2D eigenvalue weighted by Crippen LogP contribution is -2.27. The number of benzene rings is 3. The fraction of sp³-hybridized carbons (Fsp3) is 0.207. The van der Waals surface area contributed by atoms with E-state index in [-0.39, 0.29) is 23.1 Å². The van der Waals surface area contributed by atoms with Crippen LogP contribution in [-0.2, 0) is 21.4 Å². The van der Waals surface area contributed by atoms with E-state index >= 15 is 0 Å². The molecule has 1 heterocycles. The van der Waals surface area contributed by atoms with Gasteiger partial charge >= 0.3 is 5.97 Å². The first kappa shape index (κ1) is 23.3. The van der Waals surface area contributed by atoms with Crippen molar-refractivity contribution < 1.29 is 23.8 Å². The number of fused-ring (bicyclic) bond motifs is 2. The van der Waals surface area contributed by atoms with Crippen LogP contribution in [-0.4, -0.2) is 23.6 Å². The van der Waals surface area contributed by atoms with Crippen molar-refractivity contribution in [2.45, 2.75) is 24.7 Å². The molecule has 7 heteroatoms. The Morgan fingerprint density at radius 3 is 2.67 bits per heavy atom. The van der Waals surface area contributed by atoms with Crippen LogP contribution in [0.2, 0.25) is 0 Å². The van der Waals surface area contributed by atoms with Crippen LogP contribution in [0.25, 0.3) is 11.1 Å². The van der Waals surface area contributed by atoms with Crippen LogP contribution in [0.15, 0.2) is 72.8 Å². The number of amides is 1. The average molecular weight is 483 g/mol. The standard InChI is InChI=1S/C29H23FN2O4/c30-22-9-6-19(7-10-22)21-8-11-26-23(15-21)29(12-13-36-26)16-24(29)28(35)32-25-14-18(17-31)4-5-20(25)2-1-3-27(33)34/h1,3-11,14-15,24H,2,12-13,16H2,(H,32,35)(H,33,34)/t24-,29-/m0/s1. The predicted octanol–water partition coefficient (Wildman–Crippen LogP) is 5.23. The van der Waals surface area contributed by atoms with Gasteiger partial charge in [-0.1, -0.05) is 30.3 Å². The first-order chi connectivity index (χ1) is 17.4. The number of anilines is 1. The zero-order chi connectivity index (χ0) is 25.3. The number of nitrogens with one attached hydrogen (secondary N) is 1. The van der Waals surface area contributed by atoms with Gasteiger partial charge in [0.25, 0.3) is 0 Å². The molecule has 1 saturated carbocycles. The van der Waals surface area contributed by atoms with Crippen molar-refractivity contribution >= 4 is 17.6 Å². The Balaban J connectivity index is 1.40. The Labute approximate surface area is 207 Å². The third-order valence-corrected chi connectivity index (χ3v) is 6.99. The summed E-state index contributed by atoms with van der Waals surface area (Å²) in [7, 11) is 0. The van der Waals surface area contributed by atoms with Crippen LogP contribution < -0.4 is 10.1 Å². The highest BCUT2D eigenvalue weighted by Gasteiger charge is 2.61. The molecule has 0 bridgehead atoms. The average Bonchev–Trinajstić information content (AvgIpc) is 3.60. The van der Waals surface area contributed by atoms with Crippen molar-refractivity contribution in [1.82, 2.24) is 0 Å².